The summed E-state index contributed by atoms with van der Waals surface area (Å²) in [6.07, 6.45) is 0.235. The van der Waals surface area contributed by atoms with Crippen molar-refractivity contribution in [3.05, 3.63) is 51.2 Å². The summed E-state index contributed by atoms with van der Waals surface area (Å²) in [5.74, 6) is 1.05. The Bertz CT molecular complexity index is 605. The van der Waals surface area contributed by atoms with E-state index in [2.05, 4.69) is 55.3 Å². The molecule has 0 amide bonds. The smallest absolute Gasteiger partial charge is 0.124 e. The lowest BCUT2D eigenvalue weighted by atomic mass is 10.1. The summed E-state index contributed by atoms with van der Waals surface area (Å²) < 4.78 is 6.05. The number of benzene rings is 1. The van der Waals surface area contributed by atoms with E-state index in [4.69, 9.17) is 4.74 Å². The van der Waals surface area contributed by atoms with Gasteiger partial charge in [0, 0.05) is 30.1 Å². The summed E-state index contributed by atoms with van der Waals surface area (Å²) in [5, 5.41) is 2.18. The van der Waals surface area contributed by atoms with E-state index in [1.165, 1.54) is 21.6 Å². The van der Waals surface area contributed by atoms with Gasteiger partial charge in [-0.25, -0.2) is 0 Å². The molecule has 0 unspecified atom stereocenters. The highest BCUT2D eigenvalue weighted by Crippen LogP contribution is 2.28. The van der Waals surface area contributed by atoms with E-state index in [0.29, 0.717) is 0 Å². The van der Waals surface area contributed by atoms with Gasteiger partial charge in [-0.1, -0.05) is 17.7 Å². The third-order valence-corrected chi connectivity index (χ3v) is 4.80. The Morgan fingerprint density at radius 1 is 1.30 bits per heavy atom. The lowest BCUT2D eigenvalue weighted by molar-refractivity contribution is 0.157. The van der Waals surface area contributed by atoms with Crippen molar-refractivity contribution >= 4 is 11.3 Å². The van der Waals surface area contributed by atoms with Gasteiger partial charge in [-0.3, -0.25) is 4.90 Å². The van der Waals surface area contributed by atoms with Crippen LogP contribution in [0.5, 0.6) is 5.75 Å². The van der Waals surface area contributed by atoms with E-state index in [-0.39, 0.29) is 6.10 Å². The van der Waals surface area contributed by atoms with Gasteiger partial charge in [-0.2, -0.15) is 0 Å². The lowest BCUT2D eigenvalue weighted by Gasteiger charge is -2.21. The normalized spacial score (nSPS) is 19.2. The van der Waals surface area contributed by atoms with E-state index in [1.54, 1.807) is 0 Å². The van der Waals surface area contributed by atoms with Crippen molar-refractivity contribution < 1.29 is 4.74 Å². The predicted molar refractivity (Wildman–Crippen MR) is 84.4 cm³/mol. The topological polar surface area (TPSA) is 12.5 Å². The molecule has 0 saturated carbocycles. The number of ether oxygens (including phenoxy) is 1. The molecule has 0 radical (unpaired) electrons. The summed E-state index contributed by atoms with van der Waals surface area (Å²) in [6, 6.07) is 8.70. The zero-order chi connectivity index (χ0) is 14.1. The molecule has 3 rings (SSSR count). The molecule has 1 aliphatic heterocycles. The van der Waals surface area contributed by atoms with E-state index < -0.39 is 0 Å². The monoisotopic (exact) mass is 287 g/mol. The fourth-order valence-corrected chi connectivity index (χ4v) is 3.71. The minimum Gasteiger partial charge on any atom is -0.489 e. The van der Waals surface area contributed by atoms with Gasteiger partial charge in [-0.05, 0) is 43.8 Å². The molecule has 0 N–H and O–H groups in total. The van der Waals surface area contributed by atoms with Crippen molar-refractivity contribution in [3.8, 4) is 5.75 Å². The number of fused-ring (bicyclic) bond motifs is 1. The van der Waals surface area contributed by atoms with Crippen molar-refractivity contribution in [1.29, 1.82) is 0 Å². The average molecular weight is 287 g/mol. The van der Waals surface area contributed by atoms with Crippen LogP contribution in [-0.4, -0.2) is 17.5 Å². The number of rotatable bonds is 2. The maximum Gasteiger partial charge on any atom is 0.124 e. The molecule has 1 aromatic carbocycles. The van der Waals surface area contributed by atoms with Crippen LogP contribution >= 0.6 is 11.3 Å². The quantitative estimate of drug-likeness (QED) is 0.823. The molecule has 0 bridgehead atoms. The van der Waals surface area contributed by atoms with Gasteiger partial charge in [0.05, 0.1) is 0 Å². The summed E-state index contributed by atoms with van der Waals surface area (Å²) in [4.78, 5) is 3.96. The molecule has 0 spiro atoms. The molecule has 3 heteroatoms. The molecule has 0 aliphatic carbocycles. The number of nitrogens with zero attached hydrogens (tertiary/aromatic N) is 1. The van der Waals surface area contributed by atoms with Crippen molar-refractivity contribution in [2.75, 3.05) is 6.54 Å². The van der Waals surface area contributed by atoms with Crippen LogP contribution in [0.1, 0.15) is 28.5 Å². The minimum absolute atomic E-state index is 0.235. The van der Waals surface area contributed by atoms with Gasteiger partial charge in [0.25, 0.3) is 0 Å². The molecule has 20 heavy (non-hydrogen) atoms. The SMILES string of the molecule is Cc1ccc2c(c1)CN(Cc1sccc1C)C[C@@H](C)O2. The number of hydrogen-bond acceptors (Lipinski definition) is 3. The second kappa shape index (κ2) is 5.58. The van der Waals surface area contributed by atoms with Crippen molar-refractivity contribution in [3.63, 3.8) is 0 Å². The fourth-order valence-electron chi connectivity index (χ4n) is 2.76. The Kier molecular flexibility index (Phi) is 3.81. The van der Waals surface area contributed by atoms with Crippen LogP contribution in [-0.2, 0) is 13.1 Å². The Labute approximate surface area is 125 Å². The van der Waals surface area contributed by atoms with E-state index in [0.717, 1.165) is 25.4 Å². The van der Waals surface area contributed by atoms with Crippen LogP contribution in [0.2, 0.25) is 0 Å². The summed E-state index contributed by atoms with van der Waals surface area (Å²) in [5.41, 5.74) is 4.01. The van der Waals surface area contributed by atoms with Crippen LogP contribution in [0.3, 0.4) is 0 Å². The van der Waals surface area contributed by atoms with Gasteiger partial charge < -0.3 is 4.74 Å². The summed E-state index contributed by atoms with van der Waals surface area (Å²) in [6.45, 7) is 9.46. The predicted octanol–water partition coefficient (Wildman–Crippen LogP) is 4.15. The summed E-state index contributed by atoms with van der Waals surface area (Å²) in [7, 11) is 0. The van der Waals surface area contributed by atoms with Crippen molar-refractivity contribution in [2.24, 2.45) is 0 Å². The number of hydrogen-bond donors (Lipinski definition) is 0. The maximum atomic E-state index is 6.05. The first-order valence-corrected chi connectivity index (χ1v) is 8.01. The Morgan fingerprint density at radius 2 is 2.15 bits per heavy atom. The molecule has 106 valence electrons. The molecule has 1 aliphatic rings. The standard InChI is InChI=1S/C17H21NOS/c1-12-4-5-16-15(8-12)10-18(9-14(3)19-16)11-17-13(2)6-7-20-17/h4-8,14H,9-11H2,1-3H3/t14-/m1/s1. The molecule has 2 nitrogen and oxygen atoms in total. The Morgan fingerprint density at radius 3 is 2.90 bits per heavy atom. The molecular formula is C17H21NOS. The van der Waals surface area contributed by atoms with Crippen LogP contribution in [0.4, 0.5) is 0 Å². The Hall–Kier alpha value is -1.32. The molecule has 0 saturated heterocycles. The van der Waals surface area contributed by atoms with Crippen LogP contribution < -0.4 is 4.74 Å². The van der Waals surface area contributed by atoms with Gasteiger partial charge in [0.2, 0.25) is 0 Å². The molecule has 1 atom stereocenters. The van der Waals surface area contributed by atoms with E-state index >= 15 is 0 Å². The molecule has 0 fully saturated rings. The highest BCUT2D eigenvalue weighted by molar-refractivity contribution is 7.10. The summed E-state index contributed by atoms with van der Waals surface area (Å²) >= 11 is 1.85. The fraction of sp³-hybridized carbons (Fsp3) is 0.412. The van der Waals surface area contributed by atoms with Crippen LogP contribution in [0.15, 0.2) is 29.6 Å². The third-order valence-electron chi connectivity index (χ3n) is 3.79. The highest BCUT2D eigenvalue weighted by atomic mass is 32.1. The van der Waals surface area contributed by atoms with Gasteiger partial charge in [-0.15, -0.1) is 11.3 Å². The second-order valence-corrected chi connectivity index (χ2v) is 6.74. The van der Waals surface area contributed by atoms with Gasteiger partial charge >= 0.3 is 0 Å². The van der Waals surface area contributed by atoms with Crippen molar-refractivity contribution in [2.45, 2.75) is 40.0 Å². The largest absolute Gasteiger partial charge is 0.489 e. The average Bonchev–Trinajstić information content (AvgIpc) is 2.70. The number of thiophene rings is 1. The maximum absolute atomic E-state index is 6.05. The van der Waals surface area contributed by atoms with Crippen molar-refractivity contribution in [1.82, 2.24) is 4.90 Å². The van der Waals surface area contributed by atoms with Gasteiger partial charge in [0.15, 0.2) is 0 Å². The Balaban J connectivity index is 1.84. The van der Waals surface area contributed by atoms with Gasteiger partial charge in [0.1, 0.15) is 11.9 Å². The van der Waals surface area contributed by atoms with E-state index in [9.17, 15) is 0 Å². The minimum atomic E-state index is 0.235. The molecule has 1 aromatic heterocycles. The number of aryl methyl sites for hydroxylation is 2. The molecule has 2 heterocycles. The highest BCUT2D eigenvalue weighted by Gasteiger charge is 2.20. The van der Waals surface area contributed by atoms with Crippen LogP contribution in [0, 0.1) is 13.8 Å². The molecular weight excluding hydrogens is 266 g/mol. The van der Waals surface area contributed by atoms with Crippen LogP contribution in [0.25, 0.3) is 0 Å². The second-order valence-electron chi connectivity index (χ2n) is 5.74. The lowest BCUT2D eigenvalue weighted by Crippen LogP contribution is -2.30. The van der Waals surface area contributed by atoms with E-state index in [1.807, 2.05) is 11.3 Å². The molecule has 2 aromatic rings. The third kappa shape index (κ3) is 2.89. The zero-order valence-corrected chi connectivity index (χ0v) is 13.2. The first-order valence-electron chi connectivity index (χ1n) is 7.13. The first kappa shape index (κ1) is 13.7. The zero-order valence-electron chi connectivity index (χ0n) is 12.3. The first-order chi connectivity index (χ1) is 9.61.